The highest BCUT2D eigenvalue weighted by Gasteiger charge is 2.20. The van der Waals surface area contributed by atoms with Crippen molar-refractivity contribution in [3.63, 3.8) is 0 Å². The van der Waals surface area contributed by atoms with Gasteiger partial charge in [-0.05, 0) is 62.1 Å². The topological polar surface area (TPSA) is 85.9 Å². The van der Waals surface area contributed by atoms with Crippen LogP contribution in [0.5, 0.6) is 11.5 Å². The minimum Gasteiger partial charge on any atom is -0.493 e. The summed E-state index contributed by atoms with van der Waals surface area (Å²) in [7, 11) is 1.65. The number of pyridine rings is 2. The third kappa shape index (κ3) is 4.33. The van der Waals surface area contributed by atoms with E-state index >= 15 is 0 Å². The Morgan fingerprint density at radius 3 is 2.71 bits per heavy atom. The number of methoxy groups -OCH3 is 1. The van der Waals surface area contributed by atoms with Crippen LogP contribution in [-0.2, 0) is 0 Å². The summed E-state index contributed by atoms with van der Waals surface area (Å²) < 4.78 is 13.8. The van der Waals surface area contributed by atoms with Crippen molar-refractivity contribution in [2.75, 3.05) is 7.11 Å². The third-order valence-electron chi connectivity index (χ3n) is 5.82. The lowest BCUT2D eigenvalue weighted by Gasteiger charge is -2.18. The highest BCUT2D eigenvalue weighted by molar-refractivity contribution is 6.31. The van der Waals surface area contributed by atoms with Crippen molar-refractivity contribution in [1.82, 2.24) is 19.5 Å². The van der Waals surface area contributed by atoms with Crippen LogP contribution in [0.25, 0.3) is 29.1 Å². The zero-order valence-electron chi connectivity index (χ0n) is 18.6. The minimum atomic E-state index is 0.196. The first-order valence-electron chi connectivity index (χ1n) is 11.1. The van der Waals surface area contributed by atoms with E-state index in [4.69, 9.17) is 31.3 Å². The first-order chi connectivity index (χ1) is 16.7. The normalized spacial score (nSPS) is 14.0. The molecule has 0 unspecified atom stereocenters. The van der Waals surface area contributed by atoms with E-state index < -0.39 is 0 Å². The molecule has 0 aliphatic heterocycles. The lowest BCUT2D eigenvalue weighted by atomic mass is 10.1. The Morgan fingerprint density at radius 2 is 1.97 bits per heavy atom. The van der Waals surface area contributed by atoms with Gasteiger partial charge in [-0.2, -0.15) is 5.26 Å². The third-order valence-corrected chi connectivity index (χ3v) is 6.03. The molecule has 5 rings (SSSR count). The second-order valence-corrected chi connectivity index (χ2v) is 8.49. The predicted octanol–water partition coefficient (Wildman–Crippen LogP) is 5.84. The Bertz CT molecular complexity index is 1400. The van der Waals surface area contributed by atoms with E-state index in [1.54, 1.807) is 31.5 Å². The fourth-order valence-electron chi connectivity index (χ4n) is 4.17. The molecule has 1 fully saturated rings. The largest absolute Gasteiger partial charge is 0.493 e. The van der Waals surface area contributed by atoms with Gasteiger partial charge < -0.3 is 9.47 Å². The summed E-state index contributed by atoms with van der Waals surface area (Å²) in [4.78, 5) is 13.7. The summed E-state index contributed by atoms with van der Waals surface area (Å²) in [5.41, 5.74) is 2.63. The Kier molecular flexibility index (Phi) is 6.15. The fourth-order valence-corrected chi connectivity index (χ4v) is 4.32. The quantitative estimate of drug-likeness (QED) is 0.351. The van der Waals surface area contributed by atoms with E-state index in [1.807, 2.05) is 34.9 Å². The van der Waals surface area contributed by atoms with Crippen LogP contribution in [0.15, 0.2) is 48.8 Å². The Labute approximate surface area is 202 Å². The van der Waals surface area contributed by atoms with Crippen LogP contribution in [0.4, 0.5) is 0 Å². The van der Waals surface area contributed by atoms with Gasteiger partial charge in [-0.1, -0.05) is 23.7 Å². The average molecular weight is 472 g/mol. The highest BCUT2D eigenvalue weighted by Crippen LogP contribution is 2.36. The lowest BCUT2D eigenvalue weighted by Crippen LogP contribution is -2.12. The molecule has 1 saturated carbocycles. The SMILES string of the molecule is COc1cccc(/C=C/c2nc3cc(Cl)cnc3n2-c2ccc(C#N)cn2)c1OC1CCCC1. The maximum absolute atomic E-state index is 9.13. The van der Waals surface area contributed by atoms with Gasteiger partial charge in [-0.3, -0.25) is 4.57 Å². The number of halogens is 1. The van der Waals surface area contributed by atoms with Crippen LogP contribution < -0.4 is 9.47 Å². The standard InChI is InChI=1S/C26H22ClN5O2/c1-33-22-8-4-5-18(25(22)34-20-6-2-3-7-20)10-12-24-31-21-13-19(27)16-30-26(21)32(24)23-11-9-17(14-28)15-29-23/h4-5,8-13,15-16,20H,2-3,6-7H2,1H3/b12-10+. The summed E-state index contributed by atoms with van der Waals surface area (Å²) in [6.07, 6.45) is 11.6. The van der Waals surface area contributed by atoms with E-state index in [2.05, 4.69) is 16.0 Å². The van der Waals surface area contributed by atoms with Gasteiger partial charge in [0, 0.05) is 18.0 Å². The number of nitrogens with zero attached hydrogens (tertiary/aromatic N) is 5. The molecule has 0 radical (unpaired) electrons. The summed E-state index contributed by atoms with van der Waals surface area (Å²) in [6, 6.07) is 13.2. The minimum absolute atomic E-state index is 0.196. The number of ether oxygens (including phenoxy) is 2. The summed E-state index contributed by atoms with van der Waals surface area (Å²) in [5, 5.41) is 9.63. The average Bonchev–Trinajstić information content (AvgIpc) is 3.50. The smallest absolute Gasteiger partial charge is 0.168 e. The number of imidazole rings is 1. The van der Waals surface area contributed by atoms with Gasteiger partial charge in [-0.15, -0.1) is 0 Å². The molecule has 3 aromatic heterocycles. The molecule has 4 aromatic rings. The van der Waals surface area contributed by atoms with Crippen LogP contribution in [0, 0.1) is 11.3 Å². The van der Waals surface area contributed by atoms with Gasteiger partial charge in [0.1, 0.15) is 23.2 Å². The molecule has 7 nitrogen and oxygen atoms in total. The molecule has 3 heterocycles. The van der Waals surface area contributed by atoms with Gasteiger partial charge in [0.05, 0.1) is 23.8 Å². The Morgan fingerprint density at radius 1 is 1.12 bits per heavy atom. The van der Waals surface area contributed by atoms with Crippen molar-refractivity contribution in [2.45, 2.75) is 31.8 Å². The van der Waals surface area contributed by atoms with Crippen molar-refractivity contribution in [2.24, 2.45) is 0 Å². The van der Waals surface area contributed by atoms with Crippen molar-refractivity contribution in [1.29, 1.82) is 5.26 Å². The molecule has 0 saturated heterocycles. The van der Waals surface area contributed by atoms with Crippen molar-refractivity contribution >= 4 is 34.9 Å². The number of nitriles is 1. The van der Waals surface area contributed by atoms with Gasteiger partial charge in [0.25, 0.3) is 0 Å². The highest BCUT2D eigenvalue weighted by atomic mass is 35.5. The number of rotatable bonds is 6. The van der Waals surface area contributed by atoms with Crippen LogP contribution >= 0.6 is 11.6 Å². The molecule has 1 aromatic carbocycles. The van der Waals surface area contributed by atoms with Crippen LogP contribution in [-0.4, -0.2) is 32.7 Å². The van der Waals surface area contributed by atoms with Crippen LogP contribution in [0.2, 0.25) is 5.02 Å². The zero-order chi connectivity index (χ0) is 23.5. The molecule has 0 N–H and O–H groups in total. The molecular formula is C26H22ClN5O2. The Balaban J connectivity index is 1.59. The van der Waals surface area contributed by atoms with Crippen LogP contribution in [0.3, 0.4) is 0 Å². The van der Waals surface area contributed by atoms with Crippen molar-refractivity contribution < 1.29 is 9.47 Å². The van der Waals surface area contributed by atoms with Gasteiger partial charge >= 0.3 is 0 Å². The molecule has 8 heteroatoms. The molecule has 34 heavy (non-hydrogen) atoms. The molecule has 0 spiro atoms. The van der Waals surface area contributed by atoms with Crippen molar-refractivity contribution in [3.8, 4) is 23.4 Å². The fraction of sp³-hybridized carbons (Fsp3) is 0.231. The molecule has 170 valence electrons. The van der Waals surface area contributed by atoms with Gasteiger partial charge in [-0.25, -0.2) is 15.0 Å². The van der Waals surface area contributed by atoms with Crippen LogP contribution in [0.1, 0.15) is 42.6 Å². The number of para-hydroxylation sites is 1. The second-order valence-electron chi connectivity index (χ2n) is 8.05. The first-order valence-corrected chi connectivity index (χ1v) is 11.5. The van der Waals surface area contributed by atoms with E-state index in [0.29, 0.717) is 39.1 Å². The first kappa shape index (κ1) is 21.9. The molecule has 0 atom stereocenters. The number of hydrogen-bond acceptors (Lipinski definition) is 6. The van der Waals surface area contributed by atoms with E-state index in [-0.39, 0.29) is 6.10 Å². The summed E-state index contributed by atoms with van der Waals surface area (Å²) >= 11 is 6.16. The number of aromatic nitrogens is 4. The summed E-state index contributed by atoms with van der Waals surface area (Å²) in [5.74, 6) is 2.65. The number of fused-ring (bicyclic) bond motifs is 1. The molecule has 1 aliphatic rings. The maximum Gasteiger partial charge on any atom is 0.168 e. The maximum atomic E-state index is 9.13. The predicted molar refractivity (Wildman–Crippen MR) is 131 cm³/mol. The van der Waals surface area contributed by atoms with E-state index in [0.717, 1.165) is 24.2 Å². The van der Waals surface area contributed by atoms with Crippen molar-refractivity contribution in [3.05, 3.63) is 70.8 Å². The second kappa shape index (κ2) is 9.54. The van der Waals surface area contributed by atoms with E-state index in [9.17, 15) is 0 Å². The molecule has 0 bridgehead atoms. The molecular weight excluding hydrogens is 450 g/mol. The zero-order valence-corrected chi connectivity index (χ0v) is 19.4. The van der Waals surface area contributed by atoms with E-state index in [1.165, 1.54) is 19.0 Å². The molecule has 1 aliphatic carbocycles. The monoisotopic (exact) mass is 471 g/mol. The molecule has 0 amide bonds. The summed E-state index contributed by atoms with van der Waals surface area (Å²) in [6.45, 7) is 0. The lowest BCUT2D eigenvalue weighted by molar-refractivity contribution is 0.200. The Hall–Kier alpha value is -3.89. The number of hydrogen-bond donors (Lipinski definition) is 0. The van der Waals surface area contributed by atoms with Gasteiger partial charge in [0.15, 0.2) is 17.1 Å². The van der Waals surface area contributed by atoms with Gasteiger partial charge in [0.2, 0.25) is 0 Å². The number of benzene rings is 1.